The molecule has 0 aromatic heterocycles. The van der Waals surface area contributed by atoms with Crippen molar-refractivity contribution < 1.29 is 9.59 Å². The summed E-state index contributed by atoms with van der Waals surface area (Å²) in [4.78, 5) is 27.1. The van der Waals surface area contributed by atoms with Gasteiger partial charge in [-0.2, -0.15) is 0 Å². The molecule has 32 heavy (non-hydrogen) atoms. The molecule has 0 aliphatic carbocycles. The maximum absolute atomic E-state index is 12.7. The molecular weight excluding hydrogens is 416 g/mol. The Bertz CT molecular complexity index is 1070. The van der Waals surface area contributed by atoms with Crippen molar-refractivity contribution in [2.75, 3.05) is 12.3 Å². The summed E-state index contributed by atoms with van der Waals surface area (Å²) in [5.41, 5.74) is 5.18. The summed E-state index contributed by atoms with van der Waals surface area (Å²) in [5.74, 6) is 0.570. The second-order valence-corrected chi connectivity index (χ2v) is 9.28. The maximum Gasteiger partial charge on any atom is 0.251 e. The minimum atomic E-state index is -0.0966. The number of benzene rings is 3. The SMILES string of the molecule is Cc1ccc([C@@H](C)NC(=O)c2ccc([C@H]3SCC(=O)N3CCc3ccccc3)cc2)cc1. The van der Waals surface area contributed by atoms with Gasteiger partial charge in [0.15, 0.2) is 0 Å². The summed E-state index contributed by atoms with van der Waals surface area (Å²) in [7, 11) is 0. The Labute approximate surface area is 194 Å². The number of carbonyl (C=O) groups is 2. The normalized spacial score (nSPS) is 16.8. The molecule has 0 bridgehead atoms. The lowest BCUT2D eigenvalue weighted by Crippen LogP contribution is -2.30. The van der Waals surface area contributed by atoms with Crippen LogP contribution in [0.15, 0.2) is 78.9 Å². The lowest BCUT2D eigenvalue weighted by molar-refractivity contribution is -0.128. The van der Waals surface area contributed by atoms with Crippen LogP contribution in [0, 0.1) is 6.92 Å². The van der Waals surface area contributed by atoms with Crippen LogP contribution in [0.5, 0.6) is 0 Å². The first-order valence-corrected chi connectivity index (χ1v) is 12.0. The molecule has 4 rings (SSSR count). The van der Waals surface area contributed by atoms with Crippen molar-refractivity contribution in [3.63, 3.8) is 0 Å². The van der Waals surface area contributed by atoms with E-state index in [0.29, 0.717) is 17.9 Å². The van der Waals surface area contributed by atoms with Crippen LogP contribution < -0.4 is 5.32 Å². The predicted octanol–water partition coefficient (Wildman–Crippen LogP) is 5.30. The van der Waals surface area contributed by atoms with E-state index < -0.39 is 0 Å². The van der Waals surface area contributed by atoms with E-state index in [0.717, 1.165) is 17.5 Å². The Morgan fingerprint density at radius 3 is 2.41 bits per heavy atom. The number of carbonyl (C=O) groups excluding carboxylic acids is 2. The van der Waals surface area contributed by atoms with Crippen LogP contribution in [0.25, 0.3) is 0 Å². The first-order chi connectivity index (χ1) is 15.5. The highest BCUT2D eigenvalue weighted by Crippen LogP contribution is 2.38. The monoisotopic (exact) mass is 444 g/mol. The molecule has 1 N–H and O–H groups in total. The van der Waals surface area contributed by atoms with Crippen LogP contribution >= 0.6 is 11.8 Å². The van der Waals surface area contributed by atoms with Crippen molar-refractivity contribution in [1.82, 2.24) is 10.2 Å². The van der Waals surface area contributed by atoms with E-state index in [1.807, 2.05) is 73.3 Å². The number of hydrogen-bond donors (Lipinski definition) is 1. The van der Waals surface area contributed by atoms with Gasteiger partial charge in [0.1, 0.15) is 5.37 Å². The molecule has 0 unspecified atom stereocenters. The molecule has 0 spiro atoms. The van der Waals surface area contributed by atoms with E-state index >= 15 is 0 Å². The van der Waals surface area contributed by atoms with Crippen LogP contribution in [0.2, 0.25) is 0 Å². The molecule has 1 aliphatic heterocycles. The number of rotatable bonds is 7. The molecule has 1 aliphatic rings. The van der Waals surface area contributed by atoms with Gasteiger partial charge in [0.25, 0.3) is 5.91 Å². The second-order valence-electron chi connectivity index (χ2n) is 8.21. The van der Waals surface area contributed by atoms with Crippen molar-refractivity contribution in [2.24, 2.45) is 0 Å². The Kier molecular flexibility index (Phi) is 6.96. The standard InChI is InChI=1S/C27H28N2O2S/c1-19-8-10-22(11-9-19)20(2)28-26(31)23-12-14-24(15-13-23)27-29(25(30)18-32-27)17-16-21-6-4-3-5-7-21/h3-15,20,27H,16-18H2,1-2H3,(H,28,31)/t20-,27-/m1/s1. The molecule has 1 saturated heterocycles. The summed E-state index contributed by atoms with van der Waals surface area (Å²) in [6.07, 6.45) is 0.834. The molecule has 0 saturated carbocycles. The minimum Gasteiger partial charge on any atom is -0.346 e. The van der Waals surface area contributed by atoms with Gasteiger partial charge >= 0.3 is 0 Å². The number of hydrogen-bond acceptors (Lipinski definition) is 3. The average Bonchev–Trinajstić information content (AvgIpc) is 3.19. The van der Waals surface area contributed by atoms with Crippen LogP contribution in [-0.2, 0) is 11.2 Å². The van der Waals surface area contributed by atoms with Crippen molar-refractivity contribution in [3.05, 3.63) is 107 Å². The fourth-order valence-corrected chi connectivity index (χ4v) is 5.10. The van der Waals surface area contributed by atoms with Gasteiger partial charge in [0, 0.05) is 12.1 Å². The largest absolute Gasteiger partial charge is 0.346 e. The third-order valence-electron chi connectivity index (χ3n) is 5.84. The molecule has 3 aromatic carbocycles. The van der Waals surface area contributed by atoms with Gasteiger partial charge < -0.3 is 10.2 Å². The van der Waals surface area contributed by atoms with Gasteiger partial charge in [-0.25, -0.2) is 0 Å². The van der Waals surface area contributed by atoms with Gasteiger partial charge in [-0.1, -0.05) is 72.3 Å². The highest BCUT2D eigenvalue weighted by atomic mass is 32.2. The molecule has 2 atom stereocenters. The van der Waals surface area contributed by atoms with E-state index in [9.17, 15) is 9.59 Å². The van der Waals surface area contributed by atoms with Gasteiger partial charge in [0.05, 0.1) is 11.8 Å². The smallest absolute Gasteiger partial charge is 0.251 e. The van der Waals surface area contributed by atoms with Gasteiger partial charge in [-0.05, 0) is 49.1 Å². The van der Waals surface area contributed by atoms with E-state index in [1.54, 1.807) is 11.8 Å². The molecule has 3 aromatic rings. The zero-order valence-corrected chi connectivity index (χ0v) is 19.3. The Balaban J connectivity index is 1.40. The van der Waals surface area contributed by atoms with Crippen LogP contribution in [0.1, 0.15) is 51.0 Å². The summed E-state index contributed by atoms with van der Waals surface area (Å²) < 4.78 is 0. The third-order valence-corrected chi connectivity index (χ3v) is 7.09. The summed E-state index contributed by atoms with van der Waals surface area (Å²) >= 11 is 1.65. The molecule has 1 fully saturated rings. The van der Waals surface area contributed by atoms with Crippen LogP contribution in [-0.4, -0.2) is 29.0 Å². The number of nitrogens with one attached hydrogen (secondary N) is 1. The highest BCUT2D eigenvalue weighted by Gasteiger charge is 2.32. The average molecular weight is 445 g/mol. The lowest BCUT2D eigenvalue weighted by atomic mass is 10.1. The fourth-order valence-electron chi connectivity index (χ4n) is 3.88. The molecule has 0 radical (unpaired) electrons. The Hall–Kier alpha value is -3.05. The van der Waals surface area contributed by atoms with Crippen LogP contribution in [0.4, 0.5) is 0 Å². The minimum absolute atomic E-state index is 0.00481. The van der Waals surface area contributed by atoms with E-state index in [2.05, 4.69) is 29.6 Å². The summed E-state index contributed by atoms with van der Waals surface area (Å²) in [6, 6.07) is 26.0. The van der Waals surface area contributed by atoms with Crippen molar-refractivity contribution in [3.8, 4) is 0 Å². The summed E-state index contributed by atoms with van der Waals surface area (Å²) in [6.45, 7) is 4.73. The number of amides is 2. The molecule has 4 nitrogen and oxygen atoms in total. The molecule has 164 valence electrons. The molecule has 5 heteroatoms. The zero-order chi connectivity index (χ0) is 22.5. The topological polar surface area (TPSA) is 49.4 Å². The Morgan fingerprint density at radius 1 is 1.03 bits per heavy atom. The number of nitrogens with zero attached hydrogens (tertiary/aromatic N) is 1. The van der Waals surface area contributed by atoms with Crippen molar-refractivity contribution >= 4 is 23.6 Å². The van der Waals surface area contributed by atoms with Crippen LogP contribution in [0.3, 0.4) is 0 Å². The van der Waals surface area contributed by atoms with Gasteiger partial charge in [-0.3, -0.25) is 9.59 Å². The Morgan fingerprint density at radius 2 is 1.72 bits per heavy atom. The summed E-state index contributed by atoms with van der Waals surface area (Å²) in [5, 5.41) is 3.06. The van der Waals surface area contributed by atoms with E-state index in [-0.39, 0.29) is 23.2 Å². The predicted molar refractivity (Wildman–Crippen MR) is 131 cm³/mol. The fraction of sp³-hybridized carbons (Fsp3) is 0.259. The maximum atomic E-state index is 12.7. The van der Waals surface area contributed by atoms with Crippen molar-refractivity contribution in [1.29, 1.82) is 0 Å². The first kappa shape index (κ1) is 22.2. The van der Waals surface area contributed by atoms with Gasteiger partial charge in [-0.15, -0.1) is 11.8 Å². The highest BCUT2D eigenvalue weighted by molar-refractivity contribution is 8.00. The third kappa shape index (κ3) is 5.22. The second kappa shape index (κ2) is 10.0. The molecular formula is C27H28N2O2S. The van der Waals surface area contributed by atoms with E-state index in [1.165, 1.54) is 11.1 Å². The first-order valence-electron chi connectivity index (χ1n) is 10.9. The van der Waals surface area contributed by atoms with Crippen molar-refractivity contribution in [2.45, 2.75) is 31.7 Å². The zero-order valence-electron chi connectivity index (χ0n) is 18.5. The number of aryl methyl sites for hydroxylation is 1. The molecule has 1 heterocycles. The van der Waals surface area contributed by atoms with Gasteiger partial charge in [0.2, 0.25) is 5.91 Å². The quantitative estimate of drug-likeness (QED) is 0.538. The van der Waals surface area contributed by atoms with E-state index in [4.69, 9.17) is 0 Å². The number of thioether (sulfide) groups is 1. The lowest BCUT2D eigenvalue weighted by Gasteiger charge is -2.24. The molecule has 2 amide bonds.